The second-order valence-corrected chi connectivity index (χ2v) is 36.0. The fourth-order valence-electron chi connectivity index (χ4n) is 14.4. The quantitative estimate of drug-likeness (QED) is 0.0281. The van der Waals surface area contributed by atoms with Gasteiger partial charge >= 0.3 is 36.5 Å². The summed E-state index contributed by atoms with van der Waals surface area (Å²) in [7, 11) is 5.61. The number of carboxylic acid groups (broad SMARTS) is 2. The zero-order valence-corrected chi connectivity index (χ0v) is 80.7. The molecule has 736 valence electrons. The van der Waals surface area contributed by atoms with Crippen LogP contribution >= 0.6 is 15.9 Å². The number of nitrogens with zero attached hydrogens (tertiary/aromatic N) is 11. The van der Waals surface area contributed by atoms with Crippen LogP contribution in [0, 0.1) is 20.8 Å². The Kier molecular flexibility index (Phi) is 39.4. The fourth-order valence-corrected chi connectivity index (χ4v) is 14.8. The Balaban J connectivity index is 0.000000213. The first-order valence-electron chi connectivity index (χ1n) is 45.2. The molecule has 31 nitrogen and oxygen atoms in total. The third kappa shape index (κ3) is 32.7. The monoisotopic (exact) mass is 1960 g/mol. The molecule has 0 aliphatic carbocycles. The highest BCUT2D eigenvalue weighted by atomic mass is 79.9. The maximum Gasteiger partial charge on any atom is 0.490 e. The number of aliphatic carboxylic acids is 2. The van der Waals surface area contributed by atoms with Gasteiger partial charge in [0.2, 0.25) is 0 Å². The van der Waals surface area contributed by atoms with Gasteiger partial charge in [-0.2, -0.15) is 26.3 Å². The molecule has 0 saturated carbocycles. The Morgan fingerprint density at radius 2 is 0.809 bits per heavy atom. The maximum atomic E-state index is 12.5. The van der Waals surface area contributed by atoms with Gasteiger partial charge in [-0.05, 0) is 271 Å². The van der Waals surface area contributed by atoms with E-state index in [1.165, 1.54) is 44.5 Å². The van der Waals surface area contributed by atoms with Gasteiger partial charge in [0.05, 0.1) is 83.3 Å². The summed E-state index contributed by atoms with van der Waals surface area (Å²) in [6.07, 6.45) is 0.803. The number of aliphatic hydroxyl groups excluding tert-OH is 3. The van der Waals surface area contributed by atoms with Crippen molar-refractivity contribution >= 4 is 76.1 Å². The number of hydrogen-bond donors (Lipinski definition) is 11. The van der Waals surface area contributed by atoms with E-state index in [0.717, 1.165) is 161 Å². The summed E-state index contributed by atoms with van der Waals surface area (Å²) in [4.78, 5) is 45.3. The number of carbonyl (C=O) groups is 4. The van der Waals surface area contributed by atoms with Crippen LogP contribution in [0.2, 0.25) is 0 Å². The van der Waals surface area contributed by atoms with Crippen LogP contribution in [-0.4, -0.2) is 236 Å². The number of ether oxygens (including phenoxy) is 5. The van der Waals surface area contributed by atoms with Gasteiger partial charge in [-0.1, -0.05) is 94.0 Å². The number of benzene rings is 6. The highest BCUT2D eigenvalue weighted by Gasteiger charge is 2.40. The standard InChI is InChI=1S/C30H37N5O4.C25H29N5O2.C20H21BrN4O2.C10H16BNO2.C6H14O2.2C2HF3O2.C2H6/c1-20-28-25-10-5-22(21-11-14-34(15-12-21)29(37)39-30(2,3)4)19-26(25)27(13-16-35(28)33-32-20)31-23-6-8-24(9-7-23)38-18-17-36;1-17-25-22-7-2-19(18-8-11-26-12-9-18)16-23(22)24(10-13-30(25)29-28-17)27-20-3-5-21(6-4-20)32-15-14-31;1-13-20-17-7-2-14(21)12-18(17)19(8-9-25(20)24-23-13)22-15-3-5-16(6-4-15)27-11-10-26;1-10(2,3)14-9(13)12-6-4-8(11)5-7-12;1-5(2,7)6(3,4)8;2*3-2(4,5)1(6)7;1-2/h5-11,19,27,31,36H,12-18H2,1-4H3;2-8,16,24,26-27,31H,9-15H2,1H3;2-7,12,19,22,26H,8-11H2,1H3;4H,5-7H2,1-3H3;7-8H,1-4H3;2*(H,6,7);1-2H3/i;;;;;;;1D. The summed E-state index contributed by atoms with van der Waals surface area (Å²) in [6, 6.07) is 43.8. The van der Waals surface area contributed by atoms with Gasteiger partial charge in [0.1, 0.15) is 56.1 Å². The largest absolute Gasteiger partial charge is 0.491 e. The van der Waals surface area contributed by atoms with Crippen molar-refractivity contribution in [3.8, 4) is 51.0 Å². The molecular weight excluding hydrogens is 1840 g/mol. The lowest BCUT2D eigenvalue weighted by Gasteiger charge is -2.31. The third-order valence-electron chi connectivity index (χ3n) is 21.8. The number of carboxylic acids is 2. The predicted molar refractivity (Wildman–Crippen MR) is 512 cm³/mol. The summed E-state index contributed by atoms with van der Waals surface area (Å²) >= 11 is 3.61. The van der Waals surface area contributed by atoms with Crippen molar-refractivity contribution in [2.75, 3.05) is 94.9 Å². The van der Waals surface area contributed by atoms with Crippen molar-refractivity contribution in [2.45, 2.75) is 215 Å². The van der Waals surface area contributed by atoms with Crippen molar-refractivity contribution in [3.63, 3.8) is 0 Å². The average molecular weight is 1960 g/mol. The summed E-state index contributed by atoms with van der Waals surface area (Å²) < 4.78 is 104. The molecular formula is C97H125BBrF6N15O16. The lowest BCUT2D eigenvalue weighted by atomic mass is 9.90. The van der Waals surface area contributed by atoms with E-state index in [9.17, 15) is 35.9 Å². The van der Waals surface area contributed by atoms with Crippen LogP contribution in [0.1, 0.15) is 186 Å². The van der Waals surface area contributed by atoms with E-state index in [0.29, 0.717) is 46.3 Å². The number of carbonyl (C=O) groups excluding carboxylic acids is 2. The van der Waals surface area contributed by atoms with E-state index in [4.69, 9.17) is 78.2 Å². The van der Waals surface area contributed by atoms with E-state index in [-0.39, 0.29) is 56.7 Å². The molecule has 0 bridgehead atoms. The minimum absolute atomic E-state index is 0.0107. The zero-order valence-electron chi connectivity index (χ0n) is 80.1. The van der Waals surface area contributed by atoms with Gasteiger partial charge in [0.25, 0.3) is 0 Å². The van der Waals surface area contributed by atoms with Crippen LogP contribution in [0.5, 0.6) is 17.2 Å². The van der Waals surface area contributed by atoms with Crippen molar-refractivity contribution in [3.05, 3.63) is 200 Å². The maximum absolute atomic E-state index is 12.5. The van der Waals surface area contributed by atoms with Crippen molar-refractivity contribution < 1.29 is 106 Å². The number of alkyl halides is 6. The Morgan fingerprint density at radius 1 is 0.485 bits per heavy atom. The molecule has 0 spiro atoms. The van der Waals surface area contributed by atoms with Gasteiger partial charge in [-0.3, -0.25) is 0 Å². The van der Waals surface area contributed by atoms with E-state index < -0.39 is 46.7 Å². The summed E-state index contributed by atoms with van der Waals surface area (Å²) in [5.74, 6) is -3.28. The summed E-state index contributed by atoms with van der Waals surface area (Å²) in [6.45, 7) is 33.4. The third-order valence-corrected chi connectivity index (χ3v) is 22.3. The van der Waals surface area contributed by atoms with Gasteiger partial charge in [-0.15, -0.1) is 20.8 Å². The van der Waals surface area contributed by atoms with Crippen LogP contribution in [0.15, 0.2) is 156 Å². The predicted octanol–water partition coefficient (Wildman–Crippen LogP) is 17.2. The minimum atomic E-state index is -5.08. The first-order valence-corrected chi connectivity index (χ1v) is 45.3. The lowest BCUT2D eigenvalue weighted by molar-refractivity contribution is -0.193. The molecule has 6 aliphatic rings. The molecule has 0 saturated heterocycles. The highest BCUT2D eigenvalue weighted by molar-refractivity contribution is 9.10. The van der Waals surface area contributed by atoms with E-state index >= 15 is 0 Å². The molecule has 3 unspecified atom stereocenters. The van der Waals surface area contributed by atoms with Crippen LogP contribution in [0.4, 0.5) is 53.0 Å². The molecule has 2 amide bonds. The molecule has 9 heterocycles. The smallest absolute Gasteiger partial charge is 0.490 e. The van der Waals surface area contributed by atoms with Crippen molar-refractivity contribution in [1.82, 2.24) is 60.1 Å². The van der Waals surface area contributed by atoms with Gasteiger partial charge < -0.3 is 90.5 Å². The summed E-state index contributed by atoms with van der Waals surface area (Å²) in [5.41, 5.74) is 19.4. The molecule has 9 aromatic rings. The SMILES string of the molecule is CC(C)(O)C(C)(C)O.Cc1nnn2c1-c1ccc(Br)cc1C(Nc1ccc(OCCO)cc1)CC2.Cc1nnn2c1-c1ccc(C3=CCN(C(=O)OC(C)(C)C)CC3)cc1C(Nc1ccc(OCCO)cc1)CC2.Cc1nnn2c1-c1ccc(C3=CCNCC3)cc1C(Nc1ccc(OCCO)cc1)CC2.O=C(O)C(F)(F)F.O=C(O)C(F)(F)F.[2H]CC.[B]C1=CCN(C(=O)OC(C)(C)C)CC1. The number of halogens is 7. The normalized spacial score (nSPS) is 16.1. The fraction of sp³-hybridized carbons (Fsp3) is 0.464. The van der Waals surface area contributed by atoms with Gasteiger partial charge in [-0.25, -0.2) is 33.2 Å². The molecule has 15 rings (SSSR count). The van der Waals surface area contributed by atoms with Gasteiger partial charge in [0, 0.05) is 92.0 Å². The van der Waals surface area contributed by atoms with Crippen molar-refractivity contribution in [2.24, 2.45) is 0 Å². The number of nitrogens with one attached hydrogen (secondary N) is 4. The van der Waals surface area contributed by atoms with Crippen LogP contribution in [0.3, 0.4) is 0 Å². The Hall–Kier alpha value is -11.9. The summed E-state index contributed by atoms with van der Waals surface area (Å²) in [5, 5.41) is 99.8. The number of aromatic nitrogens is 9. The second kappa shape index (κ2) is 49.7. The Bertz CT molecular complexity index is 5500. The highest BCUT2D eigenvalue weighted by Crippen LogP contribution is 2.44. The molecule has 136 heavy (non-hydrogen) atoms. The number of aryl methyl sites for hydroxylation is 6. The molecule has 0 fully saturated rings. The van der Waals surface area contributed by atoms with Crippen LogP contribution < -0.4 is 35.5 Å². The molecule has 6 aliphatic heterocycles. The number of anilines is 3. The molecule has 3 aromatic heterocycles. The molecule has 6 aromatic carbocycles. The molecule has 3 atom stereocenters. The van der Waals surface area contributed by atoms with E-state index in [2.05, 4.69) is 135 Å². The second-order valence-electron chi connectivity index (χ2n) is 35.1. The van der Waals surface area contributed by atoms with Crippen LogP contribution in [-0.2, 0) is 38.7 Å². The average Bonchev–Trinajstić information content (AvgIpc) is 1.65. The van der Waals surface area contributed by atoms with Crippen molar-refractivity contribution in [1.29, 1.82) is 0 Å². The molecule has 39 heteroatoms. The van der Waals surface area contributed by atoms with Crippen LogP contribution in [0.25, 0.3) is 44.9 Å². The lowest BCUT2D eigenvalue weighted by Crippen LogP contribution is -2.44. The van der Waals surface area contributed by atoms with E-state index in [1.807, 2.05) is 155 Å². The first-order chi connectivity index (χ1) is 64.5. The minimum Gasteiger partial charge on any atom is -0.491 e. The van der Waals surface area contributed by atoms with Gasteiger partial charge in [0.15, 0.2) is 0 Å². The first kappa shape index (κ1) is 108. The number of rotatable bonds is 18. The van der Waals surface area contributed by atoms with E-state index in [1.54, 1.807) is 44.4 Å². The molecule has 11 N–H and O–H groups in total. The Labute approximate surface area is 799 Å². The topological polar surface area (TPSA) is 403 Å². The molecule has 2 radical (unpaired) electrons. The number of hydrogen-bond acceptors (Lipinski definition) is 24. The number of amides is 2. The zero-order chi connectivity index (χ0) is 101. The number of fused-ring (bicyclic) bond motifs is 9. The Morgan fingerprint density at radius 3 is 1.10 bits per heavy atom. The number of aliphatic hydroxyl groups is 5.